The molecule has 68 valence electrons. The summed E-state index contributed by atoms with van der Waals surface area (Å²) in [5.74, 6) is 0.801. The predicted octanol–water partition coefficient (Wildman–Crippen LogP) is 0.453. The Bertz CT molecular complexity index is 328. The van der Waals surface area contributed by atoms with Crippen LogP contribution in [0.5, 0.6) is 0 Å². The zero-order chi connectivity index (χ0) is 9.26. The Balaban J connectivity index is 2.36. The summed E-state index contributed by atoms with van der Waals surface area (Å²) in [5, 5.41) is 10.5. The van der Waals surface area contributed by atoms with Crippen molar-refractivity contribution >= 4 is 5.84 Å². The van der Waals surface area contributed by atoms with Crippen LogP contribution in [0.25, 0.3) is 0 Å². The smallest absolute Gasteiger partial charge is 0.129 e. The van der Waals surface area contributed by atoms with Crippen LogP contribution in [-0.4, -0.2) is 12.4 Å². The highest BCUT2D eigenvalue weighted by atomic mass is 16.5. The van der Waals surface area contributed by atoms with Crippen molar-refractivity contribution in [1.82, 2.24) is 5.32 Å². The summed E-state index contributed by atoms with van der Waals surface area (Å²) < 4.78 is 5.28. The molecule has 0 amide bonds. The van der Waals surface area contributed by atoms with Crippen LogP contribution in [0.1, 0.15) is 0 Å². The van der Waals surface area contributed by atoms with E-state index in [2.05, 4.69) is 5.32 Å². The van der Waals surface area contributed by atoms with Crippen molar-refractivity contribution in [2.45, 2.75) is 0 Å². The Hall–Kier alpha value is -1.71. The number of amidine groups is 1. The van der Waals surface area contributed by atoms with Crippen LogP contribution < -0.4 is 11.1 Å². The number of hydrogen-bond donors (Lipinski definition) is 3. The van der Waals surface area contributed by atoms with Crippen LogP contribution in [-0.2, 0) is 4.74 Å². The van der Waals surface area contributed by atoms with Gasteiger partial charge in [-0.15, -0.1) is 0 Å². The molecule has 0 spiro atoms. The minimum absolute atomic E-state index is 0.139. The van der Waals surface area contributed by atoms with Gasteiger partial charge in [-0.05, 0) is 12.2 Å². The van der Waals surface area contributed by atoms with E-state index in [4.69, 9.17) is 15.9 Å². The molecular weight excluding hydrogens is 166 g/mol. The van der Waals surface area contributed by atoms with Gasteiger partial charge in [0.1, 0.15) is 11.6 Å². The largest absolute Gasteiger partial charge is 0.465 e. The van der Waals surface area contributed by atoms with E-state index in [1.54, 1.807) is 12.3 Å². The fraction of sp³-hybridized carbons (Fsp3) is 0.222. The van der Waals surface area contributed by atoms with Gasteiger partial charge >= 0.3 is 0 Å². The summed E-state index contributed by atoms with van der Waals surface area (Å²) in [6.45, 7) is 0.761. The molecule has 13 heavy (non-hydrogen) atoms. The highest BCUT2D eigenvalue weighted by molar-refractivity contribution is 5.85. The second kappa shape index (κ2) is 2.97. The van der Waals surface area contributed by atoms with Crippen molar-refractivity contribution < 1.29 is 4.74 Å². The molecule has 0 aromatic heterocycles. The lowest BCUT2D eigenvalue weighted by Crippen LogP contribution is -2.28. The van der Waals surface area contributed by atoms with Gasteiger partial charge in [-0.2, -0.15) is 0 Å². The molecule has 4 nitrogen and oxygen atoms in total. The highest BCUT2D eigenvalue weighted by Crippen LogP contribution is 2.27. The van der Waals surface area contributed by atoms with Crippen molar-refractivity contribution in [1.29, 1.82) is 5.41 Å². The summed E-state index contributed by atoms with van der Waals surface area (Å²) in [6, 6.07) is 0. The molecule has 0 aromatic rings. The van der Waals surface area contributed by atoms with E-state index in [-0.39, 0.29) is 11.8 Å². The van der Waals surface area contributed by atoms with Crippen LogP contribution in [0.2, 0.25) is 0 Å². The number of dihydropyridines is 1. The molecule has 2 rings (SSSR count). The number of nitrogens with one attached hydrogen (secondary N) is 2. The summed E-state index contributed by atoms with van der Waals surface area (Å²) in [5.41, 5.74) is 6.39. The molecule has 0 fully saturated rings. The maximum absolute atomic E-state index is 7.39. The normalized spacial score (nSPS) is 24.8. The van der Waals surface area contributed by atoms with Crippen molar-refractivity contribution in [3.63, 3.8) is 0 Å². The predicted molar refractivity (Wildman–Crippen MR) is 49.8 cm³/mol. The van der Waals surface area contributed by atoms with Gasteiger partial charge < -0.3 is 15.8 Å². The first kappa shape index (κ1) is 7.91. The Kier molecular flexibility index (Phi) is 1.81. The maximum Gasteiger partial charge on any atom is 0.129 e. The van der Waals surface area contributed by atoms with Crippen LogP contribution in [0.15, 0.2) is 35.9 Å². The van der Waals surface area contributed by atoms with Gasteiger partial charge in [0.15, 0.2) is 0 Å². The van der Waals surface area contributed by atoms with Crippen LogP contribution in [0.4, 0.5) is 0 Å². The zero-order valence-electron chi connectivity index (χ0n) is 7.08. The average Bonchev–Trinajstić information content (AvgIpc) is 2.17. The molecule has 2 aliphatic rings. The Morgan fingerprint density at radius 3 is 3.31 bits per heavy atom. The number of rotatable bonds is 1. The van der Waals surface area contributed by atoms with Gasteiger partial charge in [0, 0.05) is 18.3 Å². The minimum atomic E-state index is -0.146. The first-order chi connectivity index (χ1) is 6.29. The molecule has 1 unspecified atom stereocenters. The van der Waals surface area contributed by atoms with Gasteiger partial charge in [-0.1, -0.05) is 0 Å². The lowest BCUT2D eigenvalue weighted by Gasteiger charge is -2.24. The monoisotopic (exact) mass is 177 g/mol. The lowest BCUT2D eigenvalue weighted by atomic mass is 9.94. The van der Waals surface area contributed by atoms with Gasteiger partial charge in [0.2, 0.25) is 0 Å². The first-order valence-electron chi connectivity index (χ1n) is 4.10. The molecule has 0 saturated carbocycles. The van der Waals surface area contributed by atoms with Gasteiger partial charge in [0.05, 0.1) is 12.2 Å². The van der Waals surface area contributed by atoms with Crippen LogP contribution in [0, 0.1) is 11.3 Å². The lowest BCUT2D eigenvalue weighted by molar-refractivity contribution is 0.337. The molecule has 0 radical (unpaired) electrons. The average molecular weight is 177 g/mol. The summed E-state index contributed by atoms with van der Waals surface area (Å²) >= 11 is 0. The molecule has 0 bridgehead atoms. The molecule has 0 aromatic carbocycles. The zero-order valence-corrected chi connectivity index (χ0v) is 7.08. The quantitative estimate of drug-likeness (QED) is 0.402. The van der Waals surface area contributed by atoms with Gasteiger partial charge in [-0.3, -0.25) is 5.41 Å². The van der Waals surface area contributed by atoms with Gasteiger partial charge in [0.25, 0.3) is 0 Å². The summed E-state index contributed by atoms with van der Waals surface area (Å²) in [4.78, 5) is 0. The van der Waals surface area contributed by atoms with Crippen molar-refractivity contribution in [2.24, 2.45) is 11.7 Å². The first-order valence-corrected chi connectivity index (χ1v) is 4.10. The number of fused-ring (bicyclic) bond motifs is 1. The molecular formula is C9H11N3O. The van der Waals surface area contributed by atoms with Crippen LogP contribution >= 0.6 is 0 Å². The molecule has 4 N–H and O–H groups in total. The second-order valence-corrected chi connectivity index (χ2v) is 2.96. The fourth-order valence-electron chi connectivity index (χ4n) is 1.43. The van der Waals surface area contributed by atoms with E-state index in [9.17, 15) is 0 Å². The van der Waals surface area contributed by atoms with E-state index in [0.29, 0.717) is 0 Å². The third-order valence-corrected chi connectivity index (χ3v) is 2.08. The van der Waals surface area contributed by atoms with Crippen molar-refractivity contribution in [3.8, 4) is 0 Å². The Morgan fingerprint density at radius 2 is 2.54 bits per heavy atom. The van der Waals surface area contributed by atoms with E-state index in [1.165, 1.54) is 0 Å². The number of allylic oxidation sites excluding steroid dienone is 1. The summed E-state index contributed by atoms with van der Waals surface area (Å²) in [6.07, 6.45) is 7.15. The van der Waals surface area contributed by atoms with Crippen LogP contribution in [0.3, 0.4) is 0 Å². The molecule has 0 aliphatic carbocycles. The van der Waals surface area contributed by atoms with E-state index in [0.717, 1.165) is 17.9 Å². The molecule has 2 heterocycles. The summed E-state index contributed by atoms with van der Waals surface area (Å²) in [7, 11) is 0. The van der Waals surface area contributed by atoms with E-state index in [1.807, 2.05) is 12.3 Å². The van der Waals surface area contributed by atoms with Crippen molar-refractivity contribution in [3.05, 3.63) is 35.9 Å². The Morgan fingerprint density at radius 1 is 1.69 bits per heavy atom. The number of hydrogen-bond acceptors (Lipinski definition) is 3. The van der Waals surface area contributed by atoms with E-state index >= 15 is 0 Å². The minimum Gasteiger partial charge on any atom is -0.465 e. The number of ether oxygens (including phenoxy) is 1. The number of nitrogens with two attached hydrogens (primary N) is 1. The standard InChI is InChI=1S/C9H11N3O/c10-9(11)6-2-4-13-8-1-3-12-5-7(6)8/h1-2,4-6,12H,3H2,(H3,10,11). The van der Waals surface area contributed by atoms with Gasteiger partial charge in [-0.25, -0.2) is 0 Å². The molecule has 0 saturated heterocycles. The molecule has 4 heteroatoms. The maximum atomic E-state index is 7.39. The fourth-order valence-corrected chi connectivity index (χ4v) is 1.43. The van der Waals surface area contributed by atoms with E-state index < -0.39 is 0 Å². The molecule has 1 atom stereocenters. The van der Waals surface area contributed by atoms with Crippen molar-refractivity contribution in [2.75, 3.05) is 6.54 Å². The third kappa shape index (κ3) is 1.30. The second-order valence-electron chi connectivity index (χ2n) is 2.96. The molecule has 2 aliphatic heterocycles. The third-order valence-electron chi connectivity index (χ3n) is 2.08. The highest BCUT2D eigenvalue weighted by Gasteiger charge is 2.24. The Labute approximate surface area is 76.3 Å². The topological polar surface area (TPSA) is 71.1 Å². The SMILES string of the molecule is N=C(N)C1C=COC2=CCNC=C21.